The lowest BCUT2D eigenvalue weighted by molar-refractivity contribution is 0.101. The van der Waals surface area contributed by atoms with Gasteiger partial charge in [-0.05, 0) is 30.3 Å². The van der Waals surface area contributed by atoms with Gasteiger partial charge in [0, 0.05) is 17.0 Å². The standard InChI is InChI=1S/C25H15N3O6/c29-22(16-11-14-5-1-3-7-20(14)33-24(16)31)27-18-9-10-26-13-19(18)28-23(30)17-12-15-6-2-4-8-21(15)34-25(17)32/h1-13H,(H,28,30)(H,26,27,29). The van der Waals surface area contributed by atoms with Crippen molar-refractivity contribution < 1.29 is 18.4 Å². The molecule has 2 amide bonds. The zero-order valence-corrected chi connectivity index (χ0v) is 17.4. The second-order valence-electron chi connectivity index (χ2n) is 7.30. The van der Waals surface area contributed by atoms with E-state index >= 15 is 0 Å². The van der Waals surface area contributed by atoms with Crippen LogP contribution in [0.1, 0.15) is 20.7 Å². The summed E-state index contributed by atoms with van der Waals surface area (Å²) in [5, 5.41) is 6.29. The highest BCUT2D eigenvalue weighted by Crippen LogP contribution is 2.22. The van der Waals surface area contributed by atoms with Gasteiger partial charge in [-0.3, -0.25) is 14.6 Å². The van der Waals surface area contributed by atoms with Crippen molar-refractivity contribution in [2.45, 2.75) is 0 Å². The van der Waals surface area contributed by atoms with Gasteiger partial charge in [0.25, 0.3) is 11.8 Å². The van der Waals surface area contributed by atoms with Crippen molar-refractivity contribution >= 4 is 45.1 Å². The largest absolute Gasteiger partial charge is 0.422 e. The van der Waals surface area contributed by atoms with Crippen LogP contribution >= 0.6 is 0 Å². The summed E-state index contributed by atoms with van der Waals surface area (Å²) in [5.41, 5.74) is -1.02. The van der Waals surface area contributed by atoms with Gasteiger partial charge in [0.15, 0.2) is 0 Å². The Labute approximate surface area is 190 Å². The normalized spacial score (nSPS) is 10.8. The van der Waals surface area contributed by atoms with Crippen molar-refractivity contribution in [3.63, 3.8) is 0 Å². The first-order valence-corrected chi connectivity index (χ1v) is 10.1. The van der Waals surface area contributed by atoms with E-state index in [0.717, 1.165) is 0 Å². The smallest absolute Gasteiger partial charge is 0.349 e. The monoisotopic (exact) mass is 453 g/mol. The average molecular weight is 453 g/mol. The van der Waals surface area contributed by atoms with Crippen molar-refractivity contribution in [3.8, 4) is 0 Å². The first kappa shape index (κ1) is 20.8. The van der Waals surface area contributed by atoms with Crippen LogP contribution in [-0.2, 0) is 0 Å². The van der Waals surface area contributed by atoms with E-state index in [2.05, 4.69) is 15.6 Å². The lowest BCUT2D eigenvalue weighted by atomic mass is 10.1. The molecule has 0 spiro atoms. The minimum absolute atomic E-state index is 0.124. The molecule has 9 heteroatoms. The molecule has 0 atom stereocenters. The zero-order valence-electron chi connectivity index (χ0n) is 17.4. The van der Waals surface area contributed by atoms with E-state index in [1.54, 1.807) is 48.5 Å². The molecule has 2 N–H and O–H groups in total. The maximum absolute atomic E-state index is 12.8. The first-order valence-electron chi connectivity index (χ1n) is 10.1. The zero-order chi connectivity index (χ0) is 23.7. The highest BCUT2D eigenvalue weighted by molar-refractivity contribution is 6.10. The maximum Gasteiger partial charge on any atom is 0.349 e. The fourth-order valence-electron chi connectivity index (χ4n) is 3.42. The summed E-state index contributed by atoms with van der Waals surface area (Å²) in [7, 11) is 0. The molecule has 3 aromatic heterocycles. The molecule has 0 fully saturated rings. The van der Waals surface area contributed by atoms with Gasteiger partial charge in [-0.1, -0.05) is 36.4 Å². The van der Waals surface area contributed by atoms with Crippen molar-refractivity contribution in [1.82, 2.24) is 4.98 Å². The van der Waals surface area contributed by atoms with Gasteiger partial charge in [0.1, 0.15) is 22.3 Å². The predicted molar refractivity (Wildman–Crippen MR) is 125 cm³/mol. The summed E-state index contributed by atoms with van der Waals surface area (Å²) in [6, 6.07) is 17.9. The summed E-state index contributed by atoms with van der Waals surface area (Å²) < 4.78 is 10.4. The lowest BCUT2D eigenvalue weighted by Crippen LogP contribution is -2.23. The highest BCUT2D eigenvalue weighted by atomic mass is 16.4. The molecule has 0 unspecified atom stereocenters. The second-order valence-corrected chi connectivity index (χ2v) is 7.30. The lowest BCUT2D eigenvalue weighted by Gasteiger charge is -2.11. The van der Waals surface area contributed by atoms with Crippen LogP contribution < -0.4 is 21.9 Å². The Balaban J connectivity index is 1.43. The number of carbonyl (C=O) groups excluding carboxylic acids is 2. The highest BCUT2D eigenvalue weighted by Gasteiger charge is 2.18. The van der Waals surface area contributed by atoms with E-state index in [1.165, 1.54) is 30.6 Å². The average Bonchev–Trinajstić information content (AvgIpc) is 2.84. The van der Waals surface area contributed by atoms with Gasteiger partial charge in [0.05, 0.1) is 17.6 Å². The number of hydrogen-bond donors (Lipinski definition) is 2. The topological polar surface area (TPSA) is 132 Å². The fraction of sp³-hybridized carbons (Fsp3) is 0. The first-order chi connectivity index (χ1) is 16.5. The predicted octanol–water partition coefficient (Wildman–Crippen LogP) is 3.80. The van der Waals surface area contributed by atoms with Gasteiger partial charge < -0.3 is 19.5 Å². The van der Waals surface area contributed by atoms with Crippen molar-refractivity contribution in [2.75, 3.05) is 10.6 Å². The number of anilines is 2. The summed E-state index contributed by atoms with van der Waals surface area (Å²) in [5.74, 6) is -1.47. The molecule has 0 saturated carbocycles. The molecule has 0 saturated heterocycles. The van der Waals surface area contributed by atoms with E-state index in [-0.39, 0.29) is 22.5 Å². The Hall–Kier alpha value is -5.05. The molecule has 34 heavy (non-hydrogen) atoms. The Kier molecular flexibility index (Phi) is 5.19. The number of amides is 2. The number of rotatable bonds is 4. The Morgan fingerprint density at radius 2 is 1.18 bits per heavy atom. The van der Waals surface area contributed by atoms with Crippen molar-refractivity contribution in [3.05, 3.63) is 111 Å². The fourth-order valence-corrected chi connectivity index (χ4v) is 3.42. The number of fused-ring (bicyclic) bond motifs is 2. The third kappa shape index (κ3) is 3.93. The number of benzene rings is 2. The van der Waals surface area contributed by atoms with Gasteiger partial charge >= 0.3 is 11.3 Å². The summed E-state index contributed by atoms with van der Waals surface area (Å²) in [6.45, 7) is 0. The molecule has 0 radical (unpaired) electrons. The van der Waals surface area contributed by atoms with Crippen LogP contribution in [0.2, 0.25) is 0 Å². The maximum atomic E-state index is 12.8. The van der Waals surface area contributed by atoms with E-state index in [0.29, 0.717) is 21.9 Å². The Morgan fingerprint density at radius 1 is 0.676 bits per heavy atom. The molecular weight excluding hydrogens is 438 g/mol. The number of hydrogen-bond acceptors (Lipinski definition) is 7. The minimum atomic E-state index is -0.806. The molecule has 9 nitrogen and oxygen atoms in total. The van der Waals surface area contributed by atoms with Crippen LogP contribution in [0.5, 0.6) is 0 Å². The molecule has 166 valence electrons. The molecule has 0 bridgehead atoms. The number of aromatic nitrogens is 1. The third-order valence-electron chi connectivity index (χ3n) is 5.09. The van der Waals surface area contributed by atoms with Gasteiger partial charge in [-0.25, -0.2) is 9.59 Å². The third-order valence-corrected chi connectivity index (χ3v) is 5.09. The Bertz CT molecular complexity index is 1580. The number of nitrogens with zero attached hydrogens (tertiary/aromatic N) is 1. The van der Waals surface area contributed by atoms with E-state index in [4.69, 9.17) is 8.83 Å². The van der Waals surface area contributed by atoms with Crippen LogP contribution in [0.3, 0.4) is 0 Å². The Morgan fingerprint density at radius 3 is 1.74 bits per heavy atom. The van der Waals surface area contributed by atoms with Crippen molar-refractivity contribution in [1.29, 1.82) is 0 Å². The van der Waals surface area contributed by atoms with Gasteiger partial charge in [0.2, 0.25) is 0 Å². The van der Waals surface area contributed by atoms with E-state index in [1.807, 2.05) is 0 Å². The summed E-state index contributed by atoms with van der Waals surface area (Å²) >= 11 is 0. The van der Waals surface area contributed by atoms with Gasteiger partial charge in [-0.15, -0.1) is 0 Å². The molecule has 5 aromatic rings. The molecule has 0 aliphatic carbocycles. The number of para-hydroxylation sites is 2. The van der Waals surface area contributed by atoms with Crippen LogP contribution in [0, 0.1) is 0 Å². The molecule has 2 aromatic carbocycles. The quantitative estimate of drug-likeness (QED) is 0.396. The van der Waals surface area contributed by atoms with E-state index < -0.39 is 23.1 Å². The van der Waals surface area contributed by atoms with Crippen LogP contribution in [0.15, 0.2) is 97.5 Å². The molecular formula is C25H15N3O6. The van der Waals surface area contributed by atoms with Gasteiger partial charge in [-0.2, -0.15) is 0 Å². The SMILES string of the molecule is O=C(Nc1ccncc1NC(=O)c1cc2ccccc2oc1=O)c1cc2ccccc2oc1=O. The minimum Gasteiger partial charge on any atom is -0.422 e. The summed E-state index contributed by atoms with van der Waals surface area (Å²) in [6.07, 6.45) is 2.71. The van der Waals surface area contributed by atoms with Crippen LogP contribution in [-0.4, -0.2) is 16.8 Å². The van der Waals surface area contributed by atoms with E-state index in [9.17, 15) is 19.2 Å². The summed E-state index contributed by atoms with van der Waals surface area (Å²) in [4.78, 5) is 54.2. The number of pyridine rings is 1. The molecule has 3 heterocycles. The number of nitrogens with one attached hydrogen (secondary N) is 2. The second kappa shape index (κ2) is 8.47. The van der Waals surface area contributed by atoms with Crippen molar-refractivity contribution in [2.24, 2.45) is 0 Å². The molecule has 0 aliphatic heterocycles. The molecule has 5 rings (SSSR count). The van der Waals surface area contributed by atoms with Crippen LogP contribution in [0.25, 0.3) is 21.9 Å². The number of carbonyl (C=O) groups is 2. The molecule has 0 aliphatic rings. The van der Waals surface area contributed by atoms with Crippen LogP contribution in [0.4, 0.5) is 11.4 Å².